The Balaban J connectivity index is 3.34. The highest BCUT2D eigenvalue weighted by molar-refractivity contribution is 7.80. The molecule has 0 fully saturated rings. The van der Waals surface area contributed by atoms with Gasteiger partial charge in [0.1, 0.15) is 13.2 Å². The molecule has 26 heavy (non-hydrogen) atoms. The van der Waals surface area contributed by atoms with Crippen LogP contribution < -0.4 is 0 Å². The number of rotatable bonds is 19. The number of hydrogen-bond donors (Lipinski definition) is 0. The first-order chi connectivity index (χ1) is 12.3. The average molecular weight is 394 g/mol. The largest absolute Gasteiger partial charge is 0.726 e. The molecule has 0 bridgehead atoms. The van der Waals surface area contributed by atoms with Gasteiger partial charge >= 0.3 is 0 Å². The summed E-state index contributed by atoms with van der Waals surface area (Å²) >= 11 is 0. The third-order valence-corrected chi connectivity index (χ3v) is 5.50. The first-order valence-electron chi connectivity index (χ1n) is 10.7. The van der Waals surface area contributed by atoms with Gasteiger partial charge in [-0.1, -0.05) is 84.0 Å². The Labute approximate surface area is 163 Å². The summed E-state index contributed by atoms with van der Waals surface area (Å²) in [6.45, 7) is 3.76. The van der Waals surface area contributed by atoms with Gasteiger partial charge in [0.25, 0.3) is 0 Å². The SMILES string of the molecule is CCCCCCCCCCCCCCCC[N+](C)(C)CCOS(=O)(=O)[O-]. The van der Waals surface area contributed by atoms with Gasteiger partial charge in [-0.15, -0.1) is 0 Å². The summed E-state index contributed by atoms with van der Waals surface area (Å²) in [5, 5.41) is 0. The van der Waals surface area contributed by atoms with Crippen LogP contribution in [0, 0.1) is 0 Å². The van der Waals surface area contributed by atoms with E-state index in [1.807, 2.05) is 14.1 Å². The van der Waals surface area contributed by atoms with E-state index in [1.54, 1.807) is 0 Å². The van der Waals surface area contributed by atoms with Crippen LogP contribution in [0.3, 0.4) is 0 Å². The summed E-state index contributed by atoms with van der Waals surface area (Å²) in [4.78, 5) is 0. The van der Waals surface area contributed by atoms with Gasteiger partial charge < -0.3 is 9.04 Å². The molecule has 5 nitrogen and oxygen atoms in total. The van der Waals surface area contributed by atoms with Crippen LogP contribution in [0.1, 0.15) is 96.8 Å². The van der Waals surface area contributed by atoms with E-state index >= 15 is 0 Å². The van der Waals surface area contributed by atoms with E-state index in [0.717, 1.165) is 13.0 Å². The van der Waals surface area contributed by atoms with E-state index in [-0.39, 0.29) is 6.61 Å². The van der Waals surface area contributed by atoms with E-state index < -0.39 is 10.4 Å². The number of nitrogens with zero attached hydrogens (tertiary/aromatic N) is 1. The zero-order valence-electron chi connectivity index (χ0n) is 17.5. The molecular weight excluding hydrogens is 350 g/mol. The maximum atomic E-state index is 10.4. The molecule has 0 spiro atoms. The quantitative estimate of drug-likeness (QED) is 0.134. The lowest BCUT2D eigenvalue weighted by Crippen LogP contribution is -2.43. The van der Waals surface area contributed by atoms with Gasteiger partial charge in [0.2, 0.25) is 10.4 Å². The highest BCUT2D eigenvalue weighted by atomic mass is 32.3. The molecule has 0 N–H and O–H groups in total. The van der Waals surface area contributed by atoms with Crippen molar-refractivity contribution >= 4 is 10.4 Å². The molecular formula is C20H43NO4S. The minimum atomic E-state index is -4.56. The highest BCUT2D eigenvalue weighted by Gasteiger charge is 2.14. The third kappa shape index (κ3) is 20.1. The van der Waals surface area contributed by atoms with Crippen LogP contribution >= 0.6 is 0 Å². The van der Waals surface area contributed by atoms with Crippen molar-refractivity contribution in [1.29, 1.82) is 0 Å². The van der Waals surface area contributed by atoms with E-state index in [0.29, 0.717) is 11.0 Å². The lowest BCUT2D eigenvalue weighted by molar-refractivity contribution is -0.890. The Kier molecular flexibility index (Phi) is 15.7. The minimum absolute atomic E-state index is 0.0303. The fourth-order valence-electron chi connectivity index (χ4n) is 3.23. The van der Waals surface area contributed by atoms with Gasteiger partial charge in [0.15, 0.2) is 0 Å². The van der Waals surface area contributed by atoms with Crippen molar-refractivity contribution in [3.8, 4) is 0 Å². The topological polar surface area (TPSA) is 66.4 Å². The average Bonchev–Trinajstić information content (AvgIpc) is 2.53. The molecule has 0 aliphatic rings. The van der Waals surface area contributed by atoms with Gasteiger partial charge in [0, 0.05) is 0 Å². The summed E-state index contributed by atoms with van der Waals surface area (Å²) < 4.78 is 36.3. The first kappa shape index (κ1) is 25.8. The molecule has 6 heteroatoms. The van der Waals surface area contributed by atoms with Crippen LogP contribution in [0.15, 0.2) is 0 Å². The van der Waals surface area contributed by atoms with E-state index in [4.69, 9.17) is 0 Å². The van der Waals surface area contributed by atoms with Gasteiger partial charge in [-0.2, -0.15) is 0 Å². The second-order valence-corrected chi connectivity index (χ2v) is 9.26. The molecule has 0 amide bonds. The van der Waals surface area contributed by atoms with Crippen LogP contribution in [0.5, 0.6) is 0 Å². The van der Waals surface area contributed by atoms with Crippen molar-refractivity contribution in [2.75, 3.05) is 33.8 Å². The molecule has 0 atom stereocenters. The second kappa shape index (κ2) is 15.8. The lowest BCUT2D eigenvalue weighted by Gasteiger charge is -2.29. The van der Waals surface area contributed by atoms with Crippen molar-refractivity contribution in [3.05, 3.63) is 0 Å². The van der Waals surface area contributed by atoms with Crippen molar-refractivity contribution in [3.63, 3.8) is 0 Å². The van der Waals surface area contributed by atoms with E-state index in [2.05, 4.69) is 11.1 Å². The van der Waals surface area contributed by atoms with Crippen molar-refractivity contribution in [2.45, 2.75) is 96.8 Å². The number of hydrogen-bond acceptors (Lipinski definition) is 4. The number of unbranched alkanes of at least 4 members (excludes halogenated alkanes) is 13. The third-order valence-electron chi connectivity index (χ3n) is 5.04. The molecule has 0 saturated heterocycles. The molecule has 0 saturated carbocycles. The second-order valence-electron chi connectivity index (χ2n) is 8.21. The molecule has 0 aromatic carbocycles. The smallest absolute Gasteiger partial charge is 0.217 e. The number of likely N-dealkylation sites (N-methyl/N-ethyl adjacent to an activating group) is 1. The fourth-order valence-corrected chi connectivity index (χ4v) is 3.51. The van der Waals surface area contributed by atoms with Crippen molar-refractivity contribution in [2.24, 2.45) is 0 Å². The summed E-state index contributed by atoms with van der Waals surface area (Å²) in [6.07, 6.45) is 18.9. The molecule has 158 valence electrons. The maximum Gasteiger partial charge on any atom is 0.217 e. The summed E-state index contributed by atoms with van der Waals surface area (Å²) in [6, 6.07) is 0. The molecule has 0 heterocycles. The molecule has 0 aromatic heterocycles. The van der Waals surface area contributed by atoms with Crippen LogP contribution in [0.25, 0.3) is 0 Å². The summed E-state index contributed by atoms with van der Waals surface area (Å²) in [5.41, 5.74) is 0. The lowest BCUT2D eigenvalue weighted by atomic mass is 10.0. The van der Waals surface area contributed by atoms with Crippen LogP contribution in [0.4, 0.5) is 0 Å². The normalized spacial score (nSPS) is 12.6. The first-order valence-corrected chi connectivity index (χ1v) is 12.0. The molecule has 0 radical (unpaired) electrons. The standard InChI is InChI=1S/C20H43NO4S/c1-4-5-6-7-8-9-10-11-12-13-14-15-16-17-18-21(2,3)19-20-25-26(22,23)24/h4-20H2,1-3H3. The Morgan fingerprint density at radius 3 is 1.46 bits per heavy atom. The molecule has 0 unspecified atom stereocenters. The van der Waals surface area contributed by atoms with Gasteiger partial charge in [-0.3, -0.25) is 4.18 Å². The molecule has 0 rings (SSSR count). The Hall–Kier alpha value is -0.170. The summed E-state index contributed by atoms with van der Waals surface area (Å²) in [7, 11) is -0.467. The van der Waals surface area contributed by atoms with E-state index in [1.165, 1.54) is 83.5 Å². The van der Waals surface area contributed by atoms with Crippen LogP contribution in [0.2, 0.25) is 0 Å². The summed E-state index contributed by atoms with van der Waals surface area (Å²) in [5.74, 6) is 0. The van der Waals surface area contributed by atoms with Gasteiger partial charge in [0.05, 0.1) is 20.6 Å². The predicted octanol–water partition coefficient (Wildman–Crippen LogP) is 5.02. The Morgan fingerprint density at radius 1 is 0.692 bits per heavy atom. The van der Waals surface area contributed by atoms with Crippen LogP contribution in [-0.2, 0) is 14.6 Å². The highest BCUT2D eigenvalue weighted by Crippen LogP contribution is 2.13. The maximum absolute atomic E-state index is 10.4. The zero-order valence-corrected chi connectivity index (χ0v) is 18.3. The minimum Gasteiger partial charge on any atom is -0.726 e. The monoisotopic (exact) mass is 393 g/mol. The predicted molar refractivity (Wildman–Crippen MR) is 108 cm³/mol. The van der Waals surface area contributed by atoms with Crippen molar-refractivity contribution in [1.82, 2.24) is 0 Å². The molecule has 0 aromatic rings. The Morgan fingerprint density at radius 2 is 1.08 bits per heavy atom. The zero-order chi connectivity index (χ0) is 19.7. The van der Waals surface area contributed by atoms with Crippen molar-refractivity contribution < 1.29 is 21.6 Å². The molecule has 0 aliphatic heterocycles. The fraction of sp³-hybridized carbons (Fsp3) is 1.00. The number of quaternary nitrogens is 1. The Bertz CT molecular complexity index is 410. The van der Waals surface area contributed by atoms with Crippen LogP contribution in [-0.4, -0.2) is 51.2 Å². The van der Waals surface area contributed by atoms with Gasteiger partial charge in [-0.05, 0) is 12.8 Å². The van der Waals surface area contributed by atoms with Gasteiger partial charge in [-0.25, -0.2) is 8.42 Å². The molecule has 0 aliphatic carbocycles. The van der Waals surface area contributed by atoms with E-state index in [9.17, 15) is 13.0 Å².